The number of rotatable bonds is 29. The van der Waals surface area contributed by atoms with Crippen LogP contribution in [0.5, 0.6) is 0 Å². The standard InChI is InChI=1S/C49H66N8O15/c1-3-28(2)41(56-46(68)36(27-30-14-8-5-9-15-30)54-42(64)31-16-10-24-50-31)47(69)55-35(26-29-12-6-4-7-13-29)45(67)52-32(18-21-38(58)59)43(65)51-33(19-22-39(60)61)44(66)53-34(20-23-40(62)63)48(70)57-25-11-17-37(57)49(71)72/h4-9,12-15,28,31-37,41,50H,3,10-11,16-27H2,1-2H3,(H,51,65)(H,52,67)(H,53,66)(H,54,64)(H,55,69)(H,56,68)(H,58,59)(H,60,61)(H,62,63)(H,71,72)/t28-,31-,32-,33-,34-,35-,36-,37-,41-/m0/s1. The number of aliphatic carboxylic acids is 4. The summed E-state index contributed by atoms with van der Waals surface area (Å²) in [5.41, 5.74) is 1.28. The summed E-state index contributed by atoms with van der Waals surface area (Å²) in [6.45, 7) is 4.12. The smallest absolute Gasteiger partial charge is 0.326 e. The molecule has 0 aromatic heterocycles. The quantitative estimate of drug-likeness (QED) is 0.0505. The van der Waals surface area contributed by atoms with Gasteiger partial charge >= 0.3 is 23.9 Å². The van der Waals surface area contributed by atoms with Gasteiger partial charge in [0.15, 0.2) is 0 Å². The molecule has 2 saturated heterocycles. The van der Waals surface area contributed by atoms with Crippen LogP contribution >= 0.6 is 0 Å². The van der Waals surface area contributed by atoms with Gasteiger partial charge in [-0.25, -0.2) is 4.79 Å². The lowest BCUT2D eigenvalue weighted by atomic mass is 9.96. The fourth-order valence-electron chi connectivity index (χ4n) is 8.42. The van der Waals surface area contributed by atoms with Gasteiger partial charge in [-0.2, -0.15) is 0 Å². The Kier molecular flexibility index (Phi) is 22.6. The van der Waals surface area contributed by atoms with E-state index in [0.29, 0.717) is 31.4 Å². The fourth-order valence-corrected chi connectivity index (χ4v) is 8.42. The summed E-state index contributed by atoms with van der Waals surface area (Å²) in [6.07, 6.45) is -1.70. The molecule has 0 radical (unpaired) electrons. The first-order valence-electron chi connectivity index (χ1n) is 24.1. The second-order valence-electron chi connectivity index (χ2n) is 18.0. The summed E-state index contributed by atoms with van der Waals surface area (Å²) in [5.74, 6) is -12.1. The SMILES string of the molecule is CC[C@H](C)[C@H](NC(=O)[C@H](Cc1ccccc1)NC(=O)[C@@H]1CCCN1)C(=O)N[C@@H](Cc1ccccc1)C(=O)N[C@@H](CCC(=O)O)C(=O)N[C@@H](CCC(=O)O)C(=O)N[C@@H](CCC(=O)O)C(=O)N1CCC[C@H]1C(=O)O. The molecule has 0 bridgehead atoms. The Bertz CT molecular complexity index is 2240. The Hall–Kier alpha value is -7.43. The van der Waals surface area contributed by atoms with Gasteiger partial charge in [-0.05, 0) is 68.5 Å². The van der Waals surface area contributed by atoms with Crippen molar-refractivity contribution < 1.29 is 73.2 Å². The van der Waals surface area contributed by atoms with Crippen molar-refractivity contribution in [3.8, 4) is 0 Å². The second-order valence-corrected chi connectivity index (χ2v) is 18.0. The number of benzene rings is 2. The van der Waals surface area contributed by atoms with E-state index in [2.05, 4.69) is 37.2 Å². The van der Waals surface area contributed by atoms with Gasteiger partial charge in [-0.15, -0.1) is 0 Å². The van der Waals surface area contributed by atoms with Crippen molar-refractivity contribution in [1.29, 1.82) is 0 Å². The van der Waals surface area contributed by atoms with Gasteiger partial charge in [-0.3, -0.25) is 47.9 Å². The summed E-state index contributed by atoms with van der Waals surface area (Å²) >= 11 is 0. The predicted octanol–water partition coefficient (Wildman–Crippen LogP) is -0.151. The number of nitrogens with zero attached hydrogens (tertiary/aromatic N) is 1. The predicted molar refractivity (Wildman–Crippen MR) is 255 cm³/mol. The number of hydrogen-bond acceptors (Lipinski definition) is 12. The van der Waals surface area contributed by atoms with E-state index in [9.17, 15) is 73.2 Å². The number of carboxylic acid groups (broad SMARTS) is 4. The molecule has 0 spiro atoms. The number of likely N-dealkylation sites (tertiary alicyclic amines) is 1. The highest BCUT2D eigenvalue weighted by molar-refractivity contribution is 5.98. The van der Waals surface area contributed by atoms with E-state index in [-0.39, 0.29) is 31.7 Å². The maximum Gasteiger partial charge on any atom is 0.326 e. The van der Waals surface area contributed by atoms with Crippen LogP contribution in [0.1, 0.15) is 95.6 Å². The van der Waals surface area contributed by atoms with Gasteiger partial charge in [0.1, 0.15) is 42.3 Å². The van der Waals surface area contributed by atoms with Gasteiger partial charge in [0, 0.05) is 38.6 Å². The van der Waals surface area contributed by atoms with E-state index in [4.69, 9.17) is 0 Å². The van der Waals surface area contributed by atoms with E-state index in [1.165, 1.54) is 0 Å². The van der Waals surface area contributed by atoms with Crippen molar-refractivity contribution in [1.82, 2.24) is 42.1 Å². The molecule has 0 saturated carbocycles. The van der Waals surface area contributed by atoms with Crippen molar-refractivity contribution in [2.24, 2.45) is 5.92 Å². The van der Waals surface area contributed by atoms with Crippen LogP contribution < -0.4 is 37.2 Å². The molecule has 11 N–H and O–H groups in total. The van der Waals surface area contributed by atoms with Crippen molar-refractivity contribution >= 4 is 65.2 Å². The highest BCUT2D eigenvalue weighted by Crippen LogP contribution is 2.20. The van der Waals surface area contributed by atoms with Crippen LogP contribution in [-0.4, -0.2) is 152 Å². The van der Waals surface area contributed by atoms with Gasteiger partial charge in [0.2, 0.25) is 41.4 Å². The number of amides is 7. The number of carboxylic acids is 4. The Labute approximate surface area is 416 Å². The topological polar surface area (TPSA) is 356 Å². The summed E-state index contributed by atoms with van der Waals surface area (Å²) in [6, 6.07) is 6.60. The number of carbonyl (C=O) groups excluding carboxylic acids is 7. The minimum atomic E-state index is -1.77. The molecule has 7 amide bonds. The number of nitrogens with one attached hydrogen (secondary N) is 7. The third-order valence-electron chi connectivity index (χ3n) is 12.6. The van der Waals surface area contributed by atoms with Gasteiger partial charge in [0.05, 0.1) is 6.04 Å². The monoisotopic (exact) mass is 1010 g/mol. The molecule has 23 nitrogen and oxygen atoms in total. The van der Waals surface area contributed by atoms with Crippen molar-refractivity contribution in [2.75, 3.05) is 13.1 Å². The van der Waals surface area contributed by atoms with Crippen LogP contribution in [0.2, 0.25) is 0 Å². The molecule has 2 aromatic carbocycles. The number of hydrogen-bond donors (Lipinski definition) is 11. The number of carbonyl (C=O) groups is 11. The molecule has 2 fully saturated rings. The van der Waals surface area contributed by atoms with Crippen LogP contribution in [0.3, 0.4) is 0 Å². The van der Waals surface area contributed by atoms with Crippen molar-refractivity contribution in [3.63, 3.8) is 0 Å². The van der Waals surface area contributed by atoms with E-state index < -0.39 is 152 Å². The highest BCUT2D eigenvalue weighted by atomic mass is 16.4. The van der Waals surface area contributed by atoms with Crippen LogP contribution in [-0.2, 0) is 65.6 Å². The third kappa shape index (κ3) is 18.1. The lowest BCUT2D eigenvalue weighted by Gasteiger charge is -2.30. The highest BCUT2D eigenvalue weighted by Gasteiger charge is 2.40. The first-order chi connectivity index (χ1) is 34.3. The second kappa shape index (κ2) is 28.4. The molecule has 2 aliphatic rings. The average molecular weight is 1010 g/mol. The average Bonchev–Trinajstić information content (AvgIpc) is 4.08. The largest absolute Gasteiger partial charge is 0.481 e. The van der Waals surface area contributed by atoms with Crippen LogP contribution in [0.25, 0.3) is 0 Å². The van der Waals surface area contributed by atoms with Crippen molar-refractivity contribution in [2.45, 2.75) is 146 Å². The molecule has 72 heavy (non-hydrogen) atoms. The molecule has 2 aliphatic heterocycles. The van der Waals surface area contributed by atoms with Crippen LogP contribution in [0.4, 0.5) is 0 Å². The first kappa shape index (κ1) is 57.2. The fraction of sp³-hybridized carbons (Fsp3) is 0.531. The molecule has 2 aromatic rings. The Morgan fingerprint density at radius 1 is 0.569 bits per heavy atom. The normalized spacial score (nSPS) is 18.1. The lowest BCUT2D eigenvalue weighted by molar-refractivity contribution is -0.150. The molecular formula is C49H66N8O15. The van der Waals surface area contributed by atoms with Crippen LogP contribution in [0, 0.1) is 5.92 Å². The maximum absolute atomic E-state index is 14.4. The molecule has 0 aliphatic carbocycles. The minimum absolute atomic E-state index is 0.00860. The molecule has 0 unspecified atom stereocenters. The summed E-state index contributed by atoms with van der Waals surface area (Å²) < 4.78 is 0. The van der Waals surface area contributed by atoms with Crippen LogP contribution in [0.15, 0.2) is 60.7 Å². The summed E-state index contributed by atoms with van der Waals surface area (Å²) in [7, 11) is 0. The third-order valence-corrected chi connectivity index (χ3v) is 12.6. The van der Waals surface area contributed by atoms with Gasteiger partial charge < -0.3 is 62.5 Å². The van der Waals surface area contributed by atoms with E-state index in [1.54, 1.807) is 74.5 Å². The van der Waals surface area contributed by atoms with Crippen molar-refractivity contribution in [3.05, 3.63) is 71.8 Å². The summed E-state index contributed by atoms with van der Waals surface area (Å²) in [5, 5.41) is 56.8. The molecule has 9 atom stereocenters. The molecule has 2 heterocycles. The van der Waals surface area contributed by atoms with Gasteiger partial charge in [-0.1, -0.05) is 80.9 Å². The van der Waals surface area contributed by atoms with E-state index >= 15 is 0 Å². The lowest BCUT2D eigenvalue weighted by Crippen LogP contribution is -2.61. The van der Waals surface area contributed by atoms with E-state index in [1.807, 2.05) is 0 Å². The molecule has 4 rings (SSSR count). The minimum Gasteiger partial charge on any atom is -0.481 e. The first-order valence-corrected chi connectivity index (χ1v) is 24.1. The zero-order chi connectivity index (χ0) is 52.9. The Morgan fingerprint density at radius 3 is 1.47 bits per heavy atom. The molecule has 23 heteroatoms. The van der Waals surface area contributed by atoms with Gasteiger partial charge in [0.25, 0.3) is 0 Å². The summed E-state index contributed by atoms with van der Waals surface area (Å²) in [4.78, 5) is 146. The molecular weight excluding hydrogens is 941 g/mol. The Morgan fingerprint density at radius 2 is 1.01 bits per heavy atom. The maximum atomic E-state index is 14.4. The zero-order valence-corrected chi connectivity index (χ0v) is 40.3. The molecule has 392 valence electrons. The zero-order valence-electron chi connectivity index (χ0n) is 40.3. The Balaban J connectivity index is 1.60. The van der Waals surface area contributed by atoms with E-state index in [0.717, 1.165) is 16.9 Å².